The second kappa shape index (κ2) is 5.85. The van der Waals surface area contributed by atoms with Crippen LogP contribution in [0.15, 0.2) is 24.4 Å². The Balaban J connectivity index is 0.000001000. The zero-order chi connectivity index (χ0) is 7.40. The molecule has 53 valence electrons. The Morgan fingerprint density at radius 2 is 2.27 bits per heavy atom. The van der Waals surface area contributed by atoms with Crippen LogP contribution in [0.2, 0.25) is 0 Å². The van der Waals surface area contributed by atoms with E-state index in [-0.39, 0.29) is 51.4 Å². The van der Waals surface area contributed by atoms with Crippen molar-refractivity contribution < 1.29 is 9.53 Å². The predicted octanol–water partition coefficient (Wildman–Crippen LogP) is 0.487. The molecule has 0 aromatic carbocycles. The largest absolute Gasteiger partial charge is 0.464 e. The van der Waals surface area contributed by atoms with E-state index >= 15 is 0 Å². The molecule has 0 saturated carbocycles. The maximum absolute atomic E-state index is 10.7. The van der Waals surface area contributed by atoms with E-state index in [0.717, 1.165) is 0 Å². The number of carbonyl (C=O) groups is 1. The standard InChI is InChI=1S/C7H7NO2.K/c1-10-7(9)6-4-2-3-5-8-6;/h2-5H,1H3;. The van der Waals surface area contributed by atoms with E-state index < -0.39 is 5.97 Å². The van der Waals surface area contributed by atoms with Crippen molar-refractivity contribution in [2.24, 2.45) is 0 Å². The van der Waals surface area contributed by atoms with Gasteiger partial charge in [0.25, 0.3) is 0 Å². The van der Waals surface area contributed by atoms with Gasteiger partial charge in [0.05, 0.1) is 7.11 Å². The third-order valence-electron chi connectivity index (χ3n) is 1.06. The molecule has 1 aromatic heterocycles. The number of rotatable bonds is 1. The molecule has 0 N–H and O–H groups in total. The summed E-state index contributed by atoms with van der Waals surface area (Å²) in [4.78, 5) is 14.5. The molecular formula is C7H7KNO2. The molecule has 0 saturated heterocycles. The molecule has 0 unspecified atom stereocenters. The van der Waals surface area contributed by atoms with Gasteiger partial charge in [-0.25, -0.2) is 9.78 Å². The Bertz CT molecular complexity index is 225. The fourth-order valence-corrected chi connectivity index (χ4v) is 0.588. The fraction of sp³-hybridized carbons (Fsp3) is 0.143. The Morgan fingerprint density at radius 1 is 1.55 bits per heavy atom. The Kier molecular flexibility index (Phi) is 5.99. The molecule has 4 heteroatoms. The van der Waals surface area contributed by atoms with Gasteiger partial charge in [-0.3, -0.25) is 0 Å². The van der Waals surface area contributed by atoms with Crippen LogP contribution >= 0.6 is 0 Å². The van der Waals surface area contributed by atoms with E-state index in [1.165, 1.54) is 7.11 Å². The third-order valence-corrected chi connectivity index (χ3v) is 1.06. The van der Waals surface area contributed by atoms with Gasteiger partial charge in [-0.1, -0.05) is 6.07 Å². The first-order valence-electron chi connectivity index (χ1n) is 2.84. The molecule has 1 rings (SSSR count). The Hall–Kier alpha value is 0.256. The van der Waals surface area contributed by atoms with Crippen molar-refractivity contribution in [3.8, 4) is 0 Å². The number of methoxy groups -OCH3 is 1. The number of nitrogens with zero attached hydrogens (tertiary/aromatic N) is 1. The second-order valence-electron chi connectivity index (χ2n) is 1.71. The van der Waals surface area contributed by atoms with E-state index in [1.807, 2.05) is 0 Å². The van der Waals surface area contributed by atoms with Crippen LogP contribution < -0.4 is 0 Å². The number of pyridine rings is 1. The number of hydrogen-bond donors (Lipinski definition) is 0. The first-order chi connectivity index (χ1) is 4.84. The van der Waals surface area contributed by atoms with Gasteiger partial charge in [0.15, 0.2) is 0 Å². The SMILES string of the molecule is COC(=O)c1ccccn1.[K]. The van der Waals surface area contributed by atoms with Crippen LogP contribution in [0.5, 0.6) is 0 Å². The van der Waals surface area contributed by atoms with Crippen LogP contribution in [0.4, 0.5) is 0 Å². The third kappa shape index (κ3) is 3.44. The Labute approximate surface area is 108 Å². The van der Waals surface area contributed by atoms with Gasteiger partial charge in [-0.15, -0.1) is 0 Å². The van der Waals surface area contributed by atoms with Crippen molar-refractivity contribution >= 4 is 57.4 Å². The van der Waals surface area contributed by atoms with Gasteiger partial charge in [0.1, 0.15) is 5.69 Å². The summed E-state index contributed by atoms with van der Waals surface area (Å²) in [7, 11) is 1.33. The average molecular weight is 176 g/mol. The molecule has 0 spiro atoms. The van der Waals surface area contributed by atoms with Crippen LogP contribution in [-0.2, 0) is 4.74 Å². The zero-order valence-electron chi connectivity index (χ0n) is 6.57. The minimum atomic E-state index is -0.402. The van der Waals surface area contributed by atoms with E-state index in [2.05, 4.69) is 9.72 Å². The van der Waals surface area contributed by atoms with Crippen molar-refractivity contribution in [1.29, 1.82) is 0 Å². The first-order valence-corrected chi connectivity index (χ1v) is 2.84. The Morgan fingerprint density at radius 3 is 2.73 bits per heavy atom. The number of aromatic nitrogens is 1. The molecule has 0 atom stereocenters. The van der Waals surface area contributed by atoms with Crippen LogP contribution in [0, 0.1) is 0 Å². The van der Waals surface area contributed by atoms with Crippen molar-refractivity contribution in [2.45, 2.75) is 0 Å². The van der Waals surface area contributed by atoms with Gasteiger partial charge in [0.2, 0.25) is 0 Å². The maximum Gasteiger partial charge on any atom is 0.356 e. The van der Waals surface area contributed by atoms with E-state index in [9.17, 15) is 4.79 Å². The molecule has 1 aromatic rings. The van der Waals surface area contributed by atoms with Crippen molar-refractivity contribution in [1.82, 2.24) is 4.98 Å². The first kappa shape index (κ1) is 11.3. The van der Waals surface area contributed by atoms with E-state index in [0.29, 0.717) is 5.69 Å². The summed E-state index contributed by atoms with van der Waals surface area (Å²) < 4.78 is 4.43. The van der Waals surface area contributed by atoms with Crippen molar-refractivity contribution in [3.05, 3.63) is 30.1 Å². The van der Waals surface area contributed by atoms with Crippen LogP contribution in [0.1, 0.15) is 10.5 Å². The number of hydrogen-bond acceptors (Lipinski definition) is 3. The minimum Gasteiger partial charge on any atom is -0.464 e. The molecule has 0 fully saturated rings. The maximum atomic E-state index is 10.7. The summed E-state index contributed by atoms with van der Waals surface area (Å²) >= 11 is 0. The molecule has 0 aliphatic rings. The summed E-state index contributed by atoms with van der Waals surface area (Å²) in [5, 5.41) is 0. The van der Waals surface area contributed by atoms with Crippen LogP contribution in [-0.4, -0.2) is 69.4 Å². The van der Waals surface area contributed by atoms with Crippen LogP contribution in [0.3, 0.4) is 0 Å². The number of ether oxygens (including phenoxy) is 1. The molecule has 0 aliphatic heterocycles. The van der Waals surface area contributed by atoms with Gasteiger partial charge >= 0.3 is 5.97 Å². The summed E-state index contributed by atoms with van der Waals surface area (Å²) in [6, 6.07) is 5.08. The number of esters is 1. The minimum absolute atomic E-state index is 0. The van der Waals surface area contributed by atoms with Gasteiger partial charge in [-0.2, -0.15) is 0 Å². The average Bonchev–Trinajstić information content (AvgIpc) is 2.05. The van der Waals surface area contributed by atoms with E-state index in [4.69, 9.17) is 0 Å². The topological polar surface area (TPSA) is 39.2 Å². The monoisotopic (exact) mass is 176 g/mol. The fourth-order valence-electron chi connectivity index (χ4n) is 0.588. The molecular weight excluding hydrogens is 169 g/mol. The van der Waals surface area contributed by atoms with Gasteiger partial charge in [0, 0.05) is 57.6 Å². The second-order valence-corrected chi connectivity index (χ2v) is 1.71. The smallest absolute Gasteiger partial charge is 0.356 e. The predicted molar refractivity (Wildman–Crippen MR) is 41.3 cm³/mol. The van der Waals surface area contributed by atoms with Crippen molar-refractivity contribution in [3.63, 3.8) is 0 Å². The van der Waals surface area contributed by atoms with Gasteiger partial charge < -0.3 is 4.74 Å². The molecule has 11 heavy (non-hydrogen) atoms. The van der Waals surface area contributed by atoms with Gasteiger partial charge in [-0.05, 0) is 12.1 Å². The molecule has 3 nitrogen and oxygen atoms in total. The summed E-state index contributed by atoms with van der Waals surface area (Å²) in [5.74, 6) is -0.402. The normalized spacial score (nSPS) is 8.09. The molecule has 1 radical (unpaired) electrons. The summed E-state index contributed by atoms with van der Waals surface area (Å²) in [6.45, 7) is 0. The van der Waals surface area contributed by atoms with Crippen LogP contribution in [0.25, 0.3) is 0 Å². The summed E-state index contributed by atoms with van der Waals surface area (Å²) in [6.07, 6.45) is 1.55. The zero-order valence-corrected chi connectivity index (χ0v) is 9.70. The molecule has 1 heterocycles. The molecule has 0 bridgehead atoms. The quantitative estimate of drug-likeness (QED) is 0.461. The molecule has 0 amide bonds. The number of carbonyl (C=O) groups excluding carboxylic acids is 1. The summed E-state index contributed by atoms with van der Waals surface area (Å²) in [5.41, 5.74) is 0.338. The molecule has 0 aliphatic carbocycles. The van der Waals surface area contributed by atoms with Crippen molar-refractivity contribution in [2.75, 3.05) is 7.11 Å². The van der Waals surface area contributed by atoms with E-state index in [1.54, 1.807) is 24.4 Å².